The lowest BCUT2D eigenvalue weighted by Gasteiger charge is -2.31. The average molecular weight is 344 g/mol. The van der Waals surface area contributed by atoms with E-state index in [2.05, 4.69) is 20.3 Å². The summed E-state index contributed by atoms with van der Waals surface area (Å²) in [5.74, 6) is 2.26. The van der Waals surface area contributed by atoms with E-state index < -0.39 is 0 Å². The Kier molecular flexibility index (Phi) is 4.96. The second kappa shape index (κ2) is 7.16. The van der Waals surface area contributed by atoms with Crippen LogP contribution in [-0.4, -0.2) is 58.3 Å². The molecule has 8 nitrogen and oxygen atoms in total. The van der Waals surface area contributed by atoms with Crippen molar-refractivity contribution in [1.82, 2.24) is 25.2 Å². The van der Waals surface area contributed by atoms with Gasteiger partial charge in [-0.15, -0.1) is 10.2 Å². The smallest absolute Gasteiger partial charge is 0.274 e. The van der Waals surface area contributed by atoms with Crippen LogP contribution in [-0.2, 0) is 0 Å². The summed E-state index contributed by atoms with van der Waals surface area (Å²) in [5.41, 5.74) is 0.363. The van der Waals surface area contributed by atoms with Gasteiger partial charge in [-0.05, 0) is 25.0 Å². The Bertz CT molecular complexity index is 725. The first-order chi connectivity index (χ1) is 12.0. The fraction of sp³-hybridized carbons (Fsp3) is 0.588. The second-order valence-corrected chi connectivity index (χ2v) is 6.91. The number of rotatable bonds is 4. The molecule has 0 spiro atoms. The quantitative estimate of drug-likeness (QED) is 0.839. The highest BCUT2D eigenvalue weighted by molar-refractivity contribution is 5.92. The van der Waals surface area contributed by atoms with Crippen LogP contribution < -0.4 is 4.90 Å². The highest BCUT2D eigenvalue weighted by atomic mass is 16.5. The summed E-state index contributed by atoms with van der Waals surface area (Å²) in [7, 11) is 3.77. The van der Waals surface area contributed by atoms with Crippen molar-refractivity contribution >= 4 is 11.7 Å². The Labute approximate surface area is 147 Å². The number of amides is 1. The lowest BCUT2D eigenvalue weighted by atomic mass is 9.97. The summed E-state index contributed by atoms with van der Waals surface area (Å²) in [4.78, 5) is 20.9. The summed E-state index contributed by atoms with van der Waals surface area (Å²) < 4.78 is 5.30. The lowest BCUT2D eigenvalue weighted by molar-refractivity contribution is 0.0696. The maximum Gasteiger partial charge on any atom is 0.274 e. The summed E-state index contributed by atoms with van der Waals surface area (Å²) >= 11 is 0. The van der Waals surface area contributed by atoms with Gasteiger partial charge in [-0.2, -0.15) is 4.98 Å². The topological polar surface area (TPSA) is 88.3 Å². The van der Waals surface area contributed by atoms with Gasteiger partial charge < -0.3 is 14.3 Å². The average Bonchev–Trinajstić information content (AvgIpc) is 3.12. The molecular weight excluding hydrogens is 320 g/mol. The maximum atomic E-state index is 12.7. The van der Waals surface area contributed by atoms with Gasteiger partial charge in [0, 0.05) is 39.0 Å². The minimum absolute atomic E-state index is 0.1000. The highest BCUT2D eigenvalue weighted by Gasteiger charge is 2.29. The molecule has 2 aromatic rings. The second-order valence-electron chi connectivity index (χ2n) is 6.91. The van der Waals surface area contributed by atoms with Crippen molar-refractivity contribution in [2.45, 2.75) is 38.5 Å². The molecule has 0 aliphatic carbocycles. The van der Waals surface area contributed by atoms with Gasteiger partial charge in [0.15, 0.2) is 17.3 Å². The van der Waals surface area contributed by atoms with Crippen LogP contribution in [0.1, 0.15) is 60.7 Å². The van der Waals surface area contributed by atoms with E-state index in [1.807, 2.05) is 32.8 Å². The molecule has 1 amide bonds. The Morgan fingerprint density at radius 1 is 1.32 bits per heavy atom. The molecule has 0 bridgehead atoms. The molecule has 0 saturated carbocycles. The molecule has 1 saturated heterocycles. The SMILES string of the molecule is CC(C)c1nc([C@H]2CCCN(C(=O)c3ccc(N(C)C)nn3)C2)no1. The van der Waals surface area contributed by atoms with Crippen molar-refractivity contribution < 1.29 is 9.32 Å². The Hall–Kier alpha value is -2.51. The number of aromatic nitrogens is 4. The first-order valence-electron chi connectivity index (χ1n) is 8.59. The van der Waals surface area contributed by atoms with Gasteiger partial charge >= 0.3 is 0 Å². The number of carbonyl (C=O) groups is 1. The van der Waals surface area contributed by atoms with Gasteiger partial charge in [0.25, 0.3) is 5.91 Å². The van der Waals surface area contributed by atoms with Crippen molar-refractivity contribution in [3.05, 3.63) is 29.5 Å². The minimum Gasteiger partial charge on any atom is -0.361 e. The van der Waals surface area contributed by atoms with Gasteiger partial charge in [-0.25, -0.2) is 0 Å². The lowest BCUT2D eigenvalue weighted by Crippen LogP contribution is -2.39. The maximum absolute atomic E-state index is 12.7. The normalized spacial score (nSPS) is 17.8. The van der Waals surface area contributed by atoms with E-state index in [-0.39, 0.29) is 17.7 Å². The molecule has 1 fully saturated rings. The van der Waals surface area contributed by atoms with Gasteiger partial charge in [-0.3, -0.25) is 4.79 Å². The Morgan fingerprint density at radius 2 is 2.12 bits per heavy atom. The number of carbonyl (C=O) groups excluding carboxylic acids is 1. The first kappa shape index (κ1) is 17.3. The van der Waals surface area contributed by atoms with Gasteiger partial charge in [-0.1, -0.05) is 19.0 Å². The molecular formula is C17H24N6O2. The minimum atomic E-state index is -0.102. The molecule has 2 aromatic heterocycles. The van der Waals surface area contributed by atoms with Crippen LogP contribution >= 0.6 is 0 Å². The van der Waals surface area contributed by atoms with Crippen LogP contribution in [0, 0.1) is 0 Å². The van der Waals surface area contributed by atoms with Crippen LogP contribution in [0.15, 0.2) is 16.7 Å². The zero-order valence-electron chi connectivity index (χ0n) is 15.1. The van der Waals surface area contributed by atoms with E-state index in [1.54, 1.807) is 17.0 Å². The zero-order valence-corrected chi connectivity index (χ0v) is 15.1. The third-order valence-corrected chi connectivity index (χ3v) is 4.35. The molecule has 25 heavy (non-hydrogen) atoms. The van der Waals surface area contributed by atoms with E-state index in [0.717, 1.165) is 18.7 Å². The van der Waals surface area contributed by atoms with Crippen LogP contribution in [0.5, 0.6) is 0 Å². The molecule has 1 aliphatic heterocycles. The Morgan fingerprint density at radius 3 is 2.72 bits per heavy atom. The number of anilines is 1. The van der Waals surface area contributed by atoms with Crippen LogP contribution in [0.4, 0.5) is 5.82 Å². The molecule has 0 radical (unpaired) electrons. The van der Waals surface area contributed by atoms with Crippen molar-refractivity contribution in [1.29, 1.82) is 0 Å². The standard InChI is InChI=1S/C17H24N6O2/c1-11(2)16-18-15(21-25-16)12-6-5-9-23(10-12)17(24)13-7-8-14(20-19-13)22(3)4/h7-8,11-12H,5-6,9-10H2,1-4H3/t12-/m0/s1. The van der Waals surface area contributed by atoms with Crippen molar-refractivity contribution in [3.63, 3.8) is 0 Å². The molecule has 134 valence electrons. The van der Waals surface area contributed by atoms with Crippen molar-refractivity contribution in [2.24, 2.45) is 0 Å². The largest absolute Gasteiger partial charge is 0.361 e. The zero-order chi connectivity index (χ0) is 18.0. The monoisotopic (exact) mass is 344 g/mol. The molecule has 3 rings (SSSR count). The third kappa shape index (κ3) is 3.78. The predicted molar refractivity (Wildman–Crippen MR) is 92.6 cm³/mol. The van der Waals surface area contributed by atoms with Crippen molar-refractivity contribution in [2.75, 3.05) is 32.1 Å². The highest BCUT2D eigenvalue weighted by Crippen LogP contribution is 2.26. The summed E-state index contributed by atoms with van der Waals surface area (Å²) in [6, 6.07) is 3.52. The molecule has 0 unspecified atom stereocenters. The predicted octanol–water partition coefficient (Wildman–Crippen LogP) is 2.07. The fourth-order valence-corrected chi connectivity index (χ4v) is 2.86. The van der Waals surface area contributed by atoms with E-state index in [9.17, 15) is 4.79 Å². The van der Waals surface area contributed by atoms with Gasteiger partial charge in [0.1, 0.15) is 0 Å². The number of nitrogens with zero attached hydrogens (tertiary/aromatic N) is 6. The molecule has 3 heterocycles. The van der Waals surface area contributed by atoms with E-state index >= 15 is 0 Å². The molecule has 0 aromatic carbocycles. The number of piperidine rings is 1. The Balaban J connectivity index is 1.70. The molecule has 8 heteroatoms. The van der Waals surface area contributed by atoms with E-state index in [1.165, 1.54) is 0 Å². The van der Waals surface area contributed by atoms with Crippen molar-refractivity contribution in [3.8, 4) is 0 Å². The number of hydrogen-bond acceptors (Lipinski definition) is 7. The fourth-order valence-electron chi connectivity index (χ4n) is 2.86. The molecule has 1 aliphatic rings. The summed E-state index contributed by atoms with van der Waals surface area (Å²) in [6.45, 7) is 5.32. The third-order valence-electron chi connectivity index (χ3n) is 4.35. The van der Waals surface area contributed by atoms with Crippen LogP contribution in [0.2, 0.25) is 0 Å². The van der Waals surface area contributed by atoms with Crippen LogP contribution in [0.25, 0.3) is 0 Å². The van der Waals surface area contributed by atoms with Gasteiger partial charge in [0.05, 0.1) is 0 Å². The van der Waals surface area contributed by atoms with Gasteiger partial charge in [0.2, 0.25) is 5.89 Å². The summed E-state index contributed by atoms with van der Waals surface area (Å²) in [5, 5.41) is 12.3. The molecule has 0 N–H and O–H groups in total. The molecule has 1 atom stereocenters. The van der Waals surface area contributed by atoms with E-state index in [4.69, 9.17) is 4.52 Å². The van der Waals surface area contributed by atoms with Crippen LogP contribution in [0.3, 0.4) is 0 Å². The van der Waals surface area contributed by atoms with E-state index in [0.29, 0.717) is 30.5 Å². The first-order valence-corrected chi connectivity index (χ1v) is 8.59. The summed E-state index contributed by atoms with van der Waals surface area (Å²) in [6.07, 6.45) is 1.86. The number of likely N-dealkylation sites (tertiary alicyclic amines) is 1. The number of hydrogen-bond donors (Lipinski definition) is 0.